The fraction of sp³-hybridized carbons (Fsp3) is 0.444. The first kappa shape index (κ1) is 24.5. The minimum Gasteiger partial charge on any atom is -0.445 e. The van der Waals surface area contributed by atoms with Gasteiger partial charge in [0.25, 0.3) is 0 Å². The molecule has 176 valence electrons. The maximum Gasteiger partial charge on any atom is 0.408 e. The van der Waals surface area contributed by atoms with Crippen LogP contribution in [0.25, 0.3) is 0 Å². The van der Waals surface area contributed by atoms with E-state index in [4.69, 9.17) is 4.74 Å². The largest absolute Gasteiger partial charge is 0.445 e. The lowest BCUT2D eigenvalue weighted by Gasteiger charge is -2.35. The number of ketones is 1. The molecule has 1 N–H and O–H groups in total. The number of hydrogen-bond acceptors (Lipinski definition) is 4. The monoisotopic (exact) mass is 450 g/mol. The van der Waals surface area contributed by atoms with Crippen LogP contribution in [0.15, 0.2) is 54.6 Å². The molecule has 0 saturated carbocycles. The van der Waals surface area contributed by atoms with Crippen LogP contribution in [0, 0.1) is 18.8 Å². The third kappa shape index (κ3) is 6.67. The molecule has 0 radical (unpaired) electrons. The number of ether oxygens (including phenoxy) is 1. The highest BCUT2D eigenvalue weighted by Gasteiger charge is 2.34. The van der Waals surface area contributed by atoms with E-state index in [0.717, 1.165) is 23.1 Å². The molecule has 6 nitrogen and oxygen atoms in total. The van der Waals surface area contributed by atoms with E-state index in [2.05, 4.69) is 5.32 Å². The van der Waals surface area contributed by atoms with Crippen molar-refractivity contribution in [3.8, 4) is 0 Å². The van der Waals surface area contributed by atoms with Crippen molar-refractivity contribution >= 4 is 17.8 Å². The summed E-state index contributed by atoms with van der Waals surface area (Å²) in [5.41, 5.74) is 2.74. The second-order valence-electron chi connectivity index (χ2n) is 8.90. The van der Waals surface area contributed by atoms with Gasteiger partial charge in [-0.1, -0.05) is 80.4 Å². The standard InChI is InChI=1S/C27H34N2O4/c1-4-20(3)24(28-27(32)33-18-21-8-6-5-7-9-21)26(31)29-16-14-23(15-17-29)25(30)22-12-10-19(2)11-13-22/h5-13,20,23-24H,4,14-18H2,1-3H3,(H,28,32)/t20-,24-/m0/s1. The van der Waals surface area contributed by atoms with Crippen molar-refractivity contribution in [2.75, 3.05) is 13.1 Å². The van der Waals surface area contributed by atoms with E-state index in [1.807, 2.05) is 75.4 Å². The minimum atomic E-state index is -0.650. The Labute approximate surface area is 196 Å². The van der Waals surface area contributed by atoms with E-state index in [0.29, 0.717) is 25.9 Å². The molecule has 1 fully saturated rings. The Kier molecular flexibility index (Phi) is 8.64. The quantitative estimate of drug-likeness (QED) is 0.589. The second-order valence-corrected chi connectivity index (χ2v) is 8.90. The Bertz CT molecular complexity index is 934. The molecule has 33 heavy (non-hydrogen) atoms. The van der Waals surface area contributed by atoms with Gasteiger partial charge in [-0.05, 0) is 31.2 Å². The zero-order valence-electron chi connectivity index (χ0n) is 19.8. The normalized spacial score (nSPS) is 16.0. The molecular formula is C27H34N2O4. The van der Waals surface area contributed by atoms with E-state index in [-0.39, 0.29) is 30.1 Å². The summed E-state index contributed by atoms with van der Waals surface area (Å²) in [6.45, 7) is 7.11. The lowest BCUT2D eigenvalue weighted by Crippen LogP contribution is -2.53. The molecule has 1 aliphatic rings. The lowest BCUT2D eigenvalue weighted by atomic mass is 9.88. The predicted molar refractivity (Wildman–Crippen MR) is 128 cm³/mol. The van der Waals surface area contributed by atoms with Crippen molar-refractivity contribution in [2.24, 2.45) is 11.8 Å². The molecule has 1 saturated heterocycles. The molecular weight excluding hydrogens is 416 g/mol. The SMILES string of the molecule is CC[C@H](C)[C@H](NC(=O)OCc1ccccc1)C(=O)N1CCC(C(=O)c2ccc(C)cc2)CC1. The Morgan fingerprint density at radius 1 is 1.03 bits per heavy atom. The van der Waals surface area contributed by atoms with Crippen LogP contribution in [-0.2, 0) is 16.1 Å². The van der Waals surface area contributed by atoms with Gasteiger partial charge in [0.05, 0.1) is 0 Å². The highest BCUT2D eigenvalue weighted by Crippen LogP contribution is 2.24. The molecule has 1 heterocycles. The van der Waals surface area contributed by atoms with Crippen LogP contribution in [-0.4, -0.2) is 41.8 Å². The predicted octanol–water partition coefficient (Wildman–Crippen LogP) is 4.76. The van der Waals surface area contributed by atoms with Gasteiger partial charge in [-0.25, -0.2) is 4.79 Å². The van der Waals surface area contributed by atoms with Crippen LogP contribution in [0.2, 0.25) is 0 Å². The molecule has 2 aromatic rings. The Balaban J connectivity index is 1.55. The molecule has 3 rings (SSSR count). The Morgan fingerprint density at radius 2 is 1.67 bits per heavy atom. The molecule has 0 unspecified atom stereocenters. The topological polar surface area (TPSA) is 75.7 Å². The number of carbonyl (C=O) groups is 3. The number of alkyl carbamates (subject to hydrolysis) is 1. The molecule has 0 bridgehead atoms. The Morgan fingerprint density at radius 3 is 2.27 bits per heavy atom. The van der Waals surface area contributed by atoms with E-state index in [1.54, 1.807) is 4.90 Å². The lowest BCUT2D eigenvalue weighted by molar-refractivity contribution is -0.135. The molecule has 2 aromatic carbocycles. The molecule has 1 aliphatic heterocycles. The Hall–Kier alpha value is -3.15. The third-order valence-electron chi connectivity index (χ3n) is 6.48. The van der Waals surface area contributed by atoms with Gasteiger partial charge in [0.1, 0.15) is 12.6 Å². The number of piperidine rings is 1. The van der Waals surface area contributed by atoms with E-state index < -0.39 is 12.1 Å². The van der Waals surface area contributed by atoms with E-state index >= 15 is 0 Å². The van der Waals surface area contributed by atoms with Gasteiger partial charge in [0.2, 0.25) is 5.91 Å². The summed E-state index contributed by atoms with van der Waals surface area (Å²) >= 11 is 0. The second kappa shape index (κ2) is 11.6. The van der Waals surface area contributed by atoms with Crippen LogP contribution < -0.4 is 5.32 Å². The van der Waals surface area contributed by atoms with Crippen LogP contribution >= 0.6 is 0 Å². The number of aryl methyl sites for hydroxylation is 1. The molecule has 2 atom stereocenters. The number of nitrogens with zero attached hydrogens (tertiary/aromatic N) is 1. The number of likely N-dealkylation sites (tertiary alicyclic amines) is 1. The van der Waals surface area contributed by atoms with E-state index in [1.165, 1.54) is 0 Å². The number of benzene rings is 2. The fourth-order valence-electron chi connectivity index (χ4n) is 4.09. The van der Waals surface area contributed by atoms with Crippen LogP contribution in [0.4, 0.5) is 4.79 Å². The summed E-state index contributed by atoms with van der Waals surface area (Å²) < 4.78 is 5.33. The summed E-state index contributed by atoms with van der Waals surface area (Å²) in [5, 5.41) is 2.78. The van der Waals surface area contributed by atoms with Gasteiger partial charge in [-0.15, -0.1) is 0 Å². The van der Waals surface area contributed by atoms with Crippen LogP contribution in [0.1, 0.15) is 54.6 Å². The van der Waals surface area contributed by atoms with Gasteiger partial charge in [-0.2, -0.15) is 0 Å². The summed E-state index contributed by atoms with van der Waals surface area (Å²) in [6.07, 6.45) is 1.41. The number of rotatable bonds is 8. The van der Waals surface area contributed by atoms with Crippen LogP contribution in [0.5, 0.6) is 0 Å². The summed E-state index contributed by atoms with van der Waals surface area (Å²) in [6, 6.07) is 16.4. The fourth-order valence-corrected chi connectivity index (χ4v) is 4.09. The molecule has 6 heteroatoms. The summed E-state index contributed by atoms with van der Waals surface area (Å²) in [4.78, 5) is 40.3. The van der Waals surface area contributed by atoms with Gasteiger partial charge >= 0.3 is 6.09 Å². The maximum absolute atomic E-state index is 13.3. The summed E-state index contributed by atoms with van der Waals surface area (Å²) in [7, 11) is 0. The van der Waals surface area contributed by atoms with Crippen molar-refractivity contribution in [2.45, 2.75) is 52.7 Å². The molecule has 0 spiro atoms. The van der Waals surface area contributed by atoms with Crippen molar-refractivity contribution in [3.63, 3.8) is 0 Å². The first-order valence-corrected chi connectivity index (χ1v) is 11.8. The first-order chi connectivity index (χ1) is 15.9. The minimum absolute atomic E-state index is 0.0336. The first-order valence-electron chi connectivity index (χ1n) is 11.8. The molecule has 0 aromatic heterocycles. The smallest absolute Gasteiger partial charge is 0.408 e. The van der Waals surface area contributed by atoms with Gasteiger partial charge in [-0.3, -0.25) is 9.59 Å². The van der Waals surface area contributed by atoms with Gasteiger partial charge in [0, 0.05) is 24.6 Å². The number of Topliss-reactive ketones (excluding diaryl/α,β-unsaturated/α-hetero) is 1. The maximum atomic E-state index is 13.3. The molecule has 2 amide bonds. The zero-order chi connectivity index (χ0) is 23.8. The number of nitrogens with one attached hydrogen (secondary N) is 1. The average Bonchev–Trinajstić information content (AvgIpc) is 2.86. The van der Waals surface area contributed by atoms with Crippen molar-refractivity contribution in [3.05, 3.63) is 71.3 Å². The van der Waals surface area contributed by atoms with E-state index in [9.17, 15) is 14.4 Å². The van der Waals surface area contributed by atoms with Crippen molar-refractivity contribution in [1.82, 2.24) is 10.2 Å². The third-order valence-corrected chi connectivity index (χ3v) is 6.48. The molecule has 0 aliphatic carbocycles. The number of hydrogen-bond donors (Lipinski definition) is 1. The number of amides is 2. The zero-order valence-corrected chi connectivity index (χ0v) is 19.8. The van der Waals surface area contributed by atoms with Gasteiger partial charge < -0.3 is 15.0 Å². The van der Waals surface area contributed by atoms with Gasteiger partial charge in [0.15, 0.2) is 5.78 Å². The van der Waals surface area contributed by atoms with Crippen molar-refractivity contribution in [1.29, 1.82) is 0 Å². The number of carbonyl (C=O) groups excluding carboxylic acids is 3. The highest BCUT2D eigenvalue weighted by atomic mass is 16.5. The van der Waals surface area contributed by atoms with Crippen LogP contribution in [0.3, 0.4) is 0 Å². The summed E-state index contributed by atoms with van der Waals surface area (Å²) in [5.74, 6) is -0.0817. The average molecular weight is 451 g/mol. The highest BCUT2D eigenvalue weighted by molar-refractivity contribution is 5.98. The van der Waals surface area contributed by atoms with Crippen molar-refractivity contribution < 1.29 is 19.1 Å².